The standard InChI is InChI=1S/C22H16ClF6N5O4S/c23-10-3-16(13(4-30)31-5-10)39-21-20(37-8-22(27,28)29)18(19(36)15(7-35)38-21)34-6-14(32-33-34)9-1-11(24)17(26)12(25)2-9/h1-3,5-6,15,18-21,35-36H,7-8H2. The predicted molar refractivity (Wildman–Crippen MR) is 122 cm³/mol. The molecule has 0 bridgehead atoms. The van der Waals surface area contributed by atoms with Crippen molar-refractivity contribution in [2.75, 3.05) is 13.2 Å². The summed E-state index contributed by atoms with van der Waals surface area (Å²) in [5, 5.41) is 37.7. The summed E-state index contributed by atoms with van der Waals surface area (Å²) in [6.45, 7) is -2.56. The molecule has 5 atom stereocenters. The van der Waals surface area contributed by atoms with Gasteiger partial charge in [0.05, 0.1) is 17.8 Å². The first-order valence-electron chi connectivity index (χ1n) is 10.8. The highest BCUT2D eigenvalue weighted by Crippen LogP contribution is 2.41. The van der Waals surface area contributed by atoms with Gasteiger partial charge in [0, 0.05) is 16.7 Å². The highest BCUT2D eigenvalue weighted by molar-refractivity contribution is 7.99. The number of rotatable bonds is 7. The van der Waals surface area contributed by atoms with E-state index in [2.05, 4.69) is 15.3 Å². The Bertz CT molecular complexity index is 1370. The third-order valence-corrected chi connectivity index (χ3v) is 6.91. The molecule has 3 aromatic rings. The number of nitriles is 1. The van der Waals surface area contributed by atoms with E-state index in [0.717, 1.165) is 10.9 Å². The summed E-state index contributed by atoms with van der Waals surface area (Å²) >= 11 is 6.67. The van der Waals surface area contributed by atoms with E-state index in [1.54, 1.807) is 0 Å². The summed E-state index contributed by atoms with van der Waals surface area (Å²) in [7, 11) is 0. The van der Waals surface area contributed by atoms with Crippen LogP contribution in [0.25, 0.3) is 11.3 Å². The first-order valence-corrected chi connectivity index (χ1v) is 12.1. The van der Waals surface area contributed by atoms with Gasteiger partial charge in [0.1, 0.15) is 48.2 Å². The molecule has 2 aromatic heterocycles. The summed E-state index contributed by atoms with van der Waals surface area (Å²) in [4.78, 5) is 3.97. The maximum atomic E-state index is 13.7. The molecular weight excluding hydrogens is 580 g/mol. The lowest BCUT2D eigenvalue weighted by molar-refractivity contribution is -0.233. The molecule has 0 saturated carbocycles. The van der Waals surface area contributed by atoms with Crippen molar-refractivity contribution in [3.63, 3.8) is 0 Å². The Kier molecular flexibility index (Phi) is 8.69. The zero-order valence-corrected chi connectivity index (χ0v) is 20.8. The van der Waals surface area contributed by atoms with Gasteiger partial charge in [-0.05, 0) is 18.2 Å². The van der Waals surface area contributed by atoms with Gasteiger partial charge in [-0.2, -0.15) is 18.4 Å². The van der Waals surface area contributed by atoms with Gasteiger partial charge in [0.15, 0.2) is 23.1 Å². The Labute approximate surface area is 224 Å². The van der Waals surface area contributed by atoms with Gasteiger partial charge in [-0.1, -0.05) is 28.6 Å². The minimum absolute atomic E-state index is 0.107. The molecule has 9 nitrogen and oxygen atoms in total. The molecule has 1 saturated heterocycles. The highest BCUT2D eigenvalue weighted by atomic mass is 35.5. The molecule has 0 radical (unpaired) electrons. The number of aliphatic hydroxyl groups excluding tert-OH is 2. The number of pyridine rings is 1. The van der Waals surface area contributed by atoms with Crippen molar-refractivity contribution >= 4 is 23.4 Å². The van der Waals surface area contributed by atoms with Crippen LogP contribution < -0.4 is 0 Å². The topological polar surface area (TPSA) is 126 Å². The van der Waals surface area contributed by atoms with Crippen LogP contribution in [-0.4, -0.2) is 73.3 Å². The minimum atomic E-state index is -4.80. The van der Waals surface area contributed by atoms with E-state index < -0.39 is 66.6 Å². The zero-order valence-electron chi connectivity index (χ0n) is 19.2. The van der Waals surface area contributed by atoms with Gasteiger partial charge in [-0.3, -0.25) is 0 Å². The predicted octanol–water partition coefficient (Wildman–Crippen LogP) is 3.64. The van der Waals surface area contributed by atoms with Crippen LogP contribution in [0, 0.1) is 28.8 Å². The number of aliphatic hydroxyl groups is 2. The molecule has 17 heteroatoms. The monoisotopic (exact) mass is 595 g/mol. The lowest BCUT2D eigenvalue weighted by atomic mass is 9.97. The van der Waals surface area contributed by atoms with Crippen LogP contribution in [0.15, 0.2) is 35.5 Å². The second-order valence-corrected chi connectivity index (χ2v) is 9.74. The van der Waals surface area contributed by atoms with Gasteiger partial charge in [0.25, 0.3) is 0 Å². The Morgan fingerprint density at radius 1 is 1.21 bits per heavy atom. The number of ether oxygens (including phenoxy) is 2. The SMILES string of the molecule is N#Cc1ncc(Cl)cc1SC1OC(CO)C(O)C(n2cc(-c3cc(F)c(F)c(F)c3)nn2)C1OCC(F)(F)F. The van der Waals surface area contributed by atoms with Crippen molar-refractivity contribution in [1.29, 1.82) is 5.26 Å². The average molecular weight is 596 g/mol. The lowest BCUT2D eigenvalue weighted by Gasteiger charge is -2.43. The Balaban J connectivity index is 1.76. The third kappa shape index (κ3) is 6.45. The van der Waals surface area contributed by atoms with Gasteiger partial charge in [0.2, 0.25) is 0 Å². The van der Waals surface area contributed by atoms with Crippen molar-refractivity contribution in [3.8, 4) is 17.3 Å². The quantitative estimate of drug-likeness (QED) is 0.311. The number of hydrogen-bond acceptors (Lipinski definition) is 9. The van der Waals surface area contributed by atoms with Crippen LogP contribution in [0.2, 0.25) is 5.02 Å². The molecule has 2 N–H and O–H groups in total. The number of aromatic nitrogens is 4. The van der Waals surface area contributed by atoms with E-state index in [4.69, 9.17) is 21.1 Å². The third-order valence-electron chi connectivity index (χ3n) is 5.53. The number of hydrogen-bond donors (Lipinski definition) is 2. The zero-order chi connectivity index (χ0) is 28.5. The molecule has 0 amide bonds. The lowest BCUT2D eigenvalue weighted by Crippen LogP contribution is -2.56. The van der Waals surface area contributed by atoms with E-state index >= 15 is 0 Å². The fraction of sp³-hybridized carbons (Fsp3) is 0.364. The summed E-state index contributed by atoms with van der Waals surface area (Å²) in [5.74, 6) is -4.75. The van der Waals surface area contributed by atoms with Crippen molar-refractivity contribution < 1.29 is 46.0 Å². The van der Waals surface area contributed by atoms with Crippen LogP contribution in [-0.2, 0) is 9.47 Å². The van der Waals surface area contributed by atoms with Crippen molar-refractivity contribution in [2.45, 2.75) is 40.9 Å². The largest absolute Gasteiger partial charge is 0.411 e. The van der Waals surface area contributed by atoms with E-state index in [9.17, 15) is 41.8 Å². The fourth-order valence-electron chi connectivity index (χ4n) is 3.80. The van der Waals surface area contributed by atoms with Crippen LogP contribution in [0.5, 0.6) is 0 Å². The van der Waals surface area contributed by atoms with Crippen LogP contribution in [0.4, 0.5) is 26.3 Å². The van der Waals surface area contributed by atoms with Gasteiger partial charge < -0.3 is 19.7 Å². The summed E-state index contributed by atoms with van der Waals surface area (Å²) in [6.07, 6.45) is -7.29. The molecular formula is C22H16ClF6N5O4S. The van der Waals surface area contributed by atoms with E-state index in [0.29, 0.717) is 23.9 Å². The number of thioether (sulfide) groups is 1. The molecule has 4 rings (SSSR count). The maximum Gasteiger partial charge on any atom is 0.411 e. The van der Waals surface area contributed by atoms with Crippen molar-refractivity contribution in [3.05, 3.63) is 58.8 Å². The maximum absolute atomic E-state index is 13.7. The normalized spacial score (nSPS) is 23.5. The van der Waals surface area contributed by atoms with Gasteiger partial charge in [-0.25, -0.2) is 22.8 Å². The average Bonchev–Trinajstić information content (AvgIpc) is 3.36. The van der Waals surface area contributed by atoms with E-state index in [1.807, 2.05) is 6.07 Å². The summed E-state index contributed by atoms with van der Waals surface area (Å²) in [6, 6.07) is 2.91. The highest BCUT2D eigenvalue weighted by Gasteiger charge is 2.49. The fourth-order valence-corrected chi connectivity index (χ4v) is 5.25. The number of benzene rings is 1. The Hall–Kier alpha value is -2.94. The Morgan fingerprint density at radius 3 is 2.51 bits per heavy atom. The minimum Gasteiger partial charge on any atom is -0.394 e. The van der Waals surface area contributed by atoms with Crippen LogP contribution >= 0.6 is 23.4 Å². The van der Waals surface area contributed by atoms with Crippen LogP contribution in [0.3, 0.4) is 0 Å². The molecule has 208 valence electrons. The molecule has 0 aliphatic carbocycles. The van der Waals surface area contributed by atoms with Gasteiger partial charge in [-0.15, -0.1) is 5.10 Å². The van der Waals surface area contributed by atoms with Gasteiger partial charge >= 0.3 is 6.18 Å². The second-order valence-electron chi connectivity index (χ2n) is 8.17. The number of halogens is 7. The Morgan fingerprint density at radius 2 is 1.90 bits per heavy atom. The molecule has 1 aliphatic heterocycles. The molecule has 1 aromatic carbocycles. The molecule has 3 heterocycles. The molecule has 5 unspecified atom stereocenters. The second kappa shape index (κ2) is 11.7. The first-order chi connectivity index (χ1) is 18.4. The smallest absolute Gasteiger partial charge is 0.394 e. The van der Waals surface area contributed by atoms with Crippen LogP contribution in [0.1, 0.15) is 11.7 Å². The van der Waals surface area contributed by atoms with E-state index in [-0.39, 0.29) is 26.9 Å². The molecule has 0 spiro atoms. The first kappa shape index (κ1) is 29.1. The number of nitrogens with zero attached hydrogens (tertiary/aromatic N) is 5. The molecule has 1 fully saturated rings. The molecule has 39 heavy (non-hydrogen) atoms. The summed E-state index contributed by atoms with van der Waals surface area (Å²) in [5.41, 5.74) is -1.98. The van der Waals surface area contributed by atoms with Crippen molar-refractivity contribution in [1.82, 2.24) is 20.0 Å². The summed E-state index contributed by atoms with van der Waals surface area (Å²) < 4.78 is 92.0. The molecule has 1 aliphatic rings. The number of alkyl halides is 3. The van der Waals surface area contributed by atoms with E-state index in [1.165, 1.54) is 12.3 Å². The van der Waals surface area contributed by atoms with Crippen molar-refractivity contribution in [2.24, 2.45) is 0 Å².